The number of aromatic nitrogens is 2. The molecule has 31 heavy (non-hydrogen) atoms. The summed E-state index contributed by atoms with van der Waals surface area (Å²) < 4.78 is 35.3. The fourth-order valence-electron chi connectivity index (χ4n) is 5.15. The van der Waals surface area contributed by atoms with Crippen molar-refractivity contribution in [1.29, 1.82) is 0 Å². The average molecular weight is 449 g/mol. The third kappa shape index (κ3) is 4.41. The van der Waals surface area contributed by atoms with E-state index in [4.69, 9.17) is 14.2 Å². The van der Waals surface area contributed by atoms with Crippen LogP contribution in [0.3, 0.4) is 0 Å². The maximum absolute atomic E-state index is 14.0. The monoisotopic (exact) mass is 448 g/mol. The van der Waals surface area contributed by atoms with Crippen LogP contribution in [-0.2, 0) is 9.47 Å². The van der Waals surface area contributed by atoms with E-state index in [2.05, 4.69) is 19.2 Å². The molecule has 2 aromatic rings. The molecule has 3 aliphatic heterocycles. The minimum absolute atomic E-state index is 0.0297. The molecule has 3 fully saturated rings. The number of halogens is 1. The van der Waals surface area contributed by atoms with Gasteiger partial charge in [-0.1, -0.05) is 0 Å². The van der Waals surface area contributed by atoms with Crippen molar-refractivity contribution in [2.75, 3.05) is 58.0 Å². The molecule has 3 saturated heterocycles. The third-order valence-corrected chi connectivity index (χ3v) is 7.50. The lowest BCUT2D eigenvalue weighted by Gasteiger charge is -2.47. The lowest BCUT2D eigenvalue weighted by molar-refractivity contribution is -0.0194. The van der Waals surface area contributed by atoms with E-state index in [1.807, 2.05) is 0 Å². The molecule has 1 aromatic heterocycles. The van der Waals surface area contributed by atoms with Gasteiger partial charge in [0.2, 0.25) is 5.13 Å². The number of nitrogens with zero attached hydrogens (tertiary/aromatic N) is 4. The number of hydrogen-bond acceptors (Lipinski definition) is 8. The van der Waals surface area contributed by atoms with Gasteiger partial charge >= 0.3 is 0 Å². The number of rotatable bonds is 7. The molecule has 0 aliphatic carbocycles. The van der Waals surface area contributed by atoms with Gasteiger partial charge in [-0.25, -0.2) is 9.37 Å². The minimum atomic E-state index is -0.201. The zero-order valence-electron chi connectivity index (χ0n) is 17.8. The maximum atomic E-state index is 14.0. The fourth-order valence-corrected chi connectivity index (χ4v) is 5.67. The molecule has 0 radical (unpaired) electrons. The van der Waals surface area contributed by atoms with Crippen LogP contribution in [0.15, 0.2) is 24.5 Å². The first-order chi connectivity index (χ1) is 15.2. The number of anilines is 1. The summed E-state index contributed by atoms with van der Waals surface area (Å²) in [5.74, 6) is 0.899. The number of ether oxygens (including phenoxy) is 3. The highest BCUT2D eigenvalue weighted by molar-refractivity contribution is 7.09. The van der Waals surface area contributed by atoms with Crippen molar-refractivity contribution >= 4 is 16.7 Å². The Balaban J connectivity index is 1.15. The quantitative estimate of drug-likeness (QED) is 0.604. The molecule has 7 nitrogen and oxygen atoms in total. The largest absolute Gasteiger partial charge is 0.491 e. The second-order valence-corrected chi connectivity index (χ2v) is 9.52. The van der Waals surface area contributed by atoms with Crippen molar-refractivity contribution in [2.45, 2.75) is 36.8 Å². The van der Waals surface area contributed by atoms with Crippen LogP contribution < -0.4 is 9.64 Å². The third-order valence-electron chi connectivity index (χ3n) is 6.77. The van der Waals surface area contributed by atoms with Gasteiger partial charge in [0, 0.05) is 30.2 Å². The second kappa shape index (κ2) is 8.97. The Hall–Kier alpha value is -1.81. The molecular formula is C22H29FN4O3S. The summed E-state index contributed by atoms with van der Waals surface area (Å²) in [4.78, 5) is 9.11. The van der Waals surface area contributed by atoms with Gasteiger partial charge in [-0.15, -0.1) is 0 Å². The van der Waals surface area contributed by atoms with Crippen LogP contribution in [0.25, 0.3) is 0 Å². The highest BCUT2D eigenvalue weighted by Crippen LogP contribution is 2.41. The molecule has 168 valence electrons. The van der Waals surface area contributed by atoms with Crippen molar-refractivity contribution in [3.63, 3.8) is 0 Å². The zero-order chi connectivity index (χ0) is 21.3. The summed E-state index contributed by atoms with van der Waals surface area (Å²) in [6.07, 6.45) is 4.69. The van der Waals surface area contributed by atoms with E-state index in [-0.39, 0.29) is 11.4 Å². The van der Waals surface area contributed by atoms with Gasteiger partial charge in [-0.3, -0.25) is 4.90 Å². The van der Waals surface area contributed by atoms with Gasteiger partial charge in [0.1, 0.15) is 30.1 Å². The summed E-state index contributed by atoms with van der Waals surface area (Å²) in [7, 11) is 1.65. The van der Waals surface area contributed by atoms with E-state index in [0.29, 0.717) is 25.2 Å². The topological polar surface area (TPSA) is 60.0 Å². The van der Waals surface area contributed by atoms with Crippen molar-refractivity contribution in [3.05, 3.63) is 35.9 Å². The standard InChI is InChI=1S/C22H29FN4O3S/c1-28-8-9-29-20-3-2-17(23)10-19(20)16-4-6-26(7-5-16)18-11-22(30-12-18)13-27(14-22)21-24-15-25-31-21/h2-3,10,15-16,18H,4-9,11-14H2,1H3/t18-/m0/s1. The van der Waals surface area contributed by atoms with Crippen LogP contribution in [0.2, 0.25) is 0 Å². The predicted octanol–water partition coefficient (Wildman–Crippen LogP) is 2.93. The van der Waals surface area contributed by atoms with E-state index in [1.165, 1.54) is 17.6 Å². The first-order valence-corrected chi connectivity index (χ1v) is 11.7. The van der Waals surface area contributed by atoms with Crippen LogP contribution in [0.1, 0.15) is 30.7 Å². The molecule has 1 atom stereocenters. The Bertz CT molecular complexity index is 870. The Labute approximate surface area is 186 Å². The lowest BCUT2D eigenvalue weighted by atomic mass is 9.86. The molecule has 3 aliphatic rings. The molecule has 0 saturated carbocycles. The molecule has 0 amide bonds. The smallest absolute Gasteiger partial charge is 0.205 e. The predicted molar refractivity (Wildman–Crippen MR) is 117 cm³/mol. The summed E-state index contributed by atoms with van der Waals surface area (Å²) in [6, 6.07) is 5.33. The van der Waals surface area contributed by atoms with Crippen molar-refractivity contribution in [1.82, 2.24) is 14.3 Å². The SMILES string of the molecule is COCCOc1ccc(F)cc1C1CCN([C@@H]2COC3(C2)CN(c2ncns2)C3)CC1. The Morgan fingerprint density at radius 1 is 1.26 bits per heavy atom. The van der Waals surface area contributed by atoms with Gasteiger partial charge < -0.3 is 19.1 Å². The first kappa shape index (κ1) is 21.1. The minimum Gasteiger partial charge on any atom is -0.491 e. The second-order valence-electron chi connectivity index (χ2n) is 8.77. The van der Waals surface area contributed by atoms with E-state index >= 15 is 0 Å². The Morgan fingerprint density at radius 2 is 2.10 bits per heavy atom. The first-order valence-electron chi connectivity index (χ1n) is 11.0. The van der Waals surface area contributed by atoms with Gasteiger partial charge in [-0.05, 0) is 56.5 Å². The number of methoxy groups -OCH3 is 1. The summed E-state index contributed by atoms with van der Waals surface area (Å²) in [6.45, 7) is 5.60. The molecule has 0 N–H and O–H groups in total. The number of benzene rings is 1. The van der Waals surface area contributed by atoms with Crippen LogP contribution in [0, 0.1) is 5.82 Å². The van der Waals surface area contributed by atoms with Crippen molar-refractivity contribution < 1.29 is 18.6 Å². The molecule has 0 unspecified atom stereocenters. The van der Waals surface area contributed by atoms with E-state index in [1.54, 1.807) is 25.6 Å². The molecule has 4 heterocycles. The normalized spacial score (nSPS) is 23.9. The van der Waals surface area contributed by atoms with Crippen LogP contribution in [0.4, 0.5) is 9.52 Å². The molecule has 9 heteroatoms. The van der Waals surface area contributed by atoms with Gasteiger partial charge in [0.25, 0.3) is 0 Å². The van der Waals surface area contributed by atoms with Gasteiger partial charge in [-0.2, -0.15) is 4.37 Å². The molecule has 5 rings (SSSR count). The molecule has 0 bridgehead atoms. The van der Waals surface area contributed by atoms with E-state index in [9.17, 15) is 4.39 Å². The summed E-state index contributed by atoms with van der Waals surface area (Å²) >= 11 is 1.44. The zero-order valence-corrected chi connectivity index (χ0v) is 18.7. The van der Waals surface area contributed by atoms with Gasteiger partial charge in [0.15, 0.2) is 0 Å². The number of piperidine rings is 1. The highest BCUT2D eigenvalue weighted by Gasteiger charge is 2.51. The summed E-state index contributed by atoms with van der Waals surface area (Å²) in [5, 5.41) is 0.983. The Kier molecular flexibility index (Phi) is 6.10. The fraction of sp³-hybridized carbons (Fsp3) is 0.636. The van der Waals surface area contributed by atoms with Crippen molar-refractivity contribution in [2.24, 2.45) is 0 Å². The lowest BCUT2D eigenvalue weighted by Crippen LogP contribution is -2.62. The highest BCUT2D eigenvalue weighted by atomic mass is 32.1. The summed E-state index contributed by atoms with van der Waals surface area (Å²) in [5.41, 5.74) is 0.958. The van der Waals surface area contributed by atoms with E-state index < -0.39 is 0 Å². The van der Waals surface area contributed by atoms with Gasteiger partial charge in [0.05, 0.1) is 26.3 Å². The Morgan fingerprint density at radius 3 is 2.84 bits per heavy atom. The maximum Gasteiger partial charge on any atom is 0.205 e. The van der Waals surface area contributed by atoms with Crippen LogP contribution in [-0.4, -0.2) is 79.0 Å². The molecule has 1 aromatic carbocycles. The molecular weight excluding hydrogens is 419 g/mol. The van der Waals surface area contributed by atoms with E-state index in [0.717, 1.165) is 68.5 Å². The van der Waals surface area contributed by atoms with Crippen molar-refractivity contribution in [3.8, 4) is 5.75 Å². The van der Waals surface area contributed by atoms with Crippen LogP contribution >= 0.6 is 11.5 Å². The average Bonchev–Trinajstić information content (AvgIpc) is 3.44. The number of likely N-dealkylation sites (tertiary alicyclic amines) is 1. The van der Waals surface area contributed by atoms with Crippen LogP contribution in [0.5, 0.6) is 5.75 Å². The molecule has 1 spiro atoms. The number of hydrogen-bond donors (Lipinski definition) is 0.